The first-order valence-corrected chi connectivity index (χ1v) is 11.2. The Kier molecular flexibility index (Phi) is 8.49. The van der Waals surface area contributed by atoms with E-state index in [0.717, 1.165) is 41.6 Å². The van der Waals surface area contributed by atoms with Crippen LogP contribution in [0.5, 0.6) is 5.75 Å². The molecule has 0 amide bonds. The van der Waals surface area contributed by atoms with Gasteiger partial charge >= 0.3 is 0 Å². The Morgan fingerprint density at radius 3 is 2.65 bits per heavy atom. The Morgan fingerprint density at radius 2 is 1.97 bits per heavy atom. The van der Waals surface area contributed by atoms with Crippen LogP contribution >= 0.6 is 28.3 Å². The molecule has 2 heterocycles. The summed E-state index contributed by atoms with van der Waals surface area (Å²) in [6, 6.07) is 10.8. The number of carbonyl (C=O) groups is 1. The molecule has 1 aliphatic heterocycles. The number of methoxy groups -OCH3 is 1. The van der Waals surface area contributed by atoms with Crippen molar-refractivity contribution in [2.24, 2.45) is 0 Å². The molecule has 174 valence electrons. The number of nitrogens with one attached hydrogen (secondary N) is 1. The highest BCUT2D eigenvalue weighted by atomic mass is 79.9. The fourth-order valence-electron chi connectivity index (χ4n) is 3.97. The lowest BCUT2D eigenvalue weighted by molar-refractivity contribution is 0.0844. The number of fused-ring (bicyclic) bond motifs is 1. The zero-order chi connectivity index (χ0) is 23.4. The van der Waals surface area contributed by atoms with Crippen LogP contribution in [0.4, 0.5) is 5.69 Å². The van der Waals surface area contributed by atoms with Gasteiger partial charge in [0.05, 0.1) is 32.3 Å². The van der Waals surface area contributed by atoms with Crippen molar-refractivity contribution < 1.29 is 9.53 Å². The summed E-state index contributed by atoms with van der Waals surface area (Å²) in [5, 5.41) is 4.10. The first kappa shape index (κ1) is 25.5. The van der Waals surface area contributed by atoms with Gasteiger partial charge in [0.1, 0.15) is 5.75 Å². The number of piperazine rings is 1. The summed E-state index contributed by atoms with van der Waals surface area (Å²) in [7, 11) is 1.56. The van der Waals surface area contributed by atoms with E-state index < -0.39 is 0 Å². The Morgan fingerprint density at radius 1 is 1.21 bits per heavy atom. The predicted molar refractivity (Wildman–Crippen MR) is 141 cm³/mol. The summed E-state index contributed by atoms with van der Waals surface area (Å²) in [5.74, 6) is 0.538. The van der Waals surface area contributed by atoms with Crippen LogP contribution < -0.4 is 10.1 Å². The minimum absolute atomic E-state index is 0. The van der Waals surface area contributed by atoms with Gasteiger partial charge in [-0.25, -0.2) is 9.69 Å². The van der Waals surface area contributed by atoms with Crippen molar-refractivity contribution in [2.75, 3.05) is 39.8 Å². The van der Waals surface area contributed by atoms with E-state index in [1.54, 1.807) is 42.1 Å². The lowest BCUT2D eigenvalue weighted by atomic mass is 10.1. The first-order chi connectivity index (χ1) is 16.0. The maximum Gasteiger partial charge on any atom is 0.245 e. The fraction of sp³-hybridized carbons (Fsp3) is 0.240. The Bertz CT molecular complexity index is 1330. The Labute approximate surface area is 213 Å². The monoisotopic (exact) mass is 539 g/mol. The summed E-state index contributed by atoms with van der Waals surface area (Å²) in [6.45, 7) is 18.9. The Balaban J connectivity index is 0.00000324. The minimum Gasteiger partial charge on any atom is -0.496 e. The topological polar surface area (TPSA) is 55.2 Å². The molecule has 0 atom stereocenters. The van der Waals surface area contributed by atoms with Crippen LogP contribution in [0.1, 0.15) is 15.9 Å². The molecule has 1 aromatic heterocycles. The van der Waals surface area contributed by atoms with Crippen molar-refractivity contribution in [2.45, 2.75) is 0 Å². The third-order valence-electron chi connectivity index (χ3n) is 5.63. The van der Waals surface area contributed by atoms with Crippen LogP contribution in [0, 0.1) is 13.1 Å². The molecule has 2 aromatic carbocycles. The lowest BCUT2D eigenvalue weighted by Gasteiger charge is -2.26. The molecule has 1 aliphatic rings. The quantitative estimate of drug-likeness (QED) is 0.444. The van der Waals surface area contributed by atoms with E-state index in [9.17, 15) is 4.79 Å². The number of carbonyl (C=O) groups excluding carboxylic acids is 1. The number of nitrogens with zero attached hydrogens (tertiary/aromatic N) is 4. The molecule has 0 bridgehead atoms. The molecule has 3 aromatic rings. The molecule has 9 heteroatoms. The second kappa shape index (κ2) is 11.3. The van der Waals surface area contributed by atoms with E-state index in [1.165, 1.54) is 0 Å². The van der Waals surface area contributed by atoms with E-state index in [1.807, 2.05) is 18.2 Å². The van der Waals surface area contributed by atoms with Gasteiger partial charge in [-0.3, -0.25) is 14.3 Å². The molecule has 7 nitrogen and oxygen atoms in total. The van der Waals surface area contributed by atoms with Crippen molar-refractivity contribution >= 4 is 62.6 Å². The average Bonchev–Trinajstić information content (AvgIpc) is 3.21. The van der Waals surface area contributed by atoms with Crippen molar-refractivity contribution in [1.82, 2.24) is 14.8 Å². The van der Waals surface area contributed by atoms with Gasteiger partial charge in [0.2, 0.25) is 5.91 Å². The lowest BCUT2D eigenvalue weighted by Crippen LogP contribution is -2.46. The third kappa shape index (κ3) is 5.32. The van der Waals surface area contributed by atoms with Crippen LogP contribution in [-0.4, -0.2) is 55.2 Å². The van der Waals surface area contributed by atoms with Gasteiger partial charge in [0.15, 0.2) is 11.4 Å². The van der Waals surface area contributed by atoms with E-state index in [2.05, 4.69) is 35.8 Å². The SMILES string of the molecule is Cl.[C-]#[N+]/C(=C\c1cc([N+]#[C-])ccc1OC)c1cn(C(=O)CN2CCNCC2)c2ccc(Br)cc12. The van der Waals surface area contributed by atoms with Gasteiger partial charge in [0.25, 0.3) is 0 Å². The fourth-order valence-corrected chi connectivity index (χ4v) is 4.33. The van der Waals surface area contributed by atoms with Crippen LogP contribution in [0.15, 0.2) is 47.1 Å². The van der Waals surface area contributed by atoms with E-state index >= 15 is 0 Å². The summed E-state index contributed by atoms with van der Waals surface area (Å²) in [6.07, 6.45) is 3.46. The normalized spacial score (nSPS) is 14.2. The number of ether oxygens (including phenoxy) is 1. The summed E-state index contributed by atoms with van der Waals surface area (Å²) in [4.78, 5) is 22.6. The average molecular weight is 541 g/mol. The second-order valence-corrected chi connectivity index (χ2v) is 8.59. The Hall–Kier alpha value is -3.14. The van der Waals surface area contributed by atoms with Crippen molar-refractivity contribution in [1.29, 1.82) is 0 Å². The third-order valence-corrected chi connectivity index (χ3v) is 6.13. The van der Waals surface area contributed by atoms with Gasteiger partial charge < -0.3 is 10.1 Å². The number of hydrogen-bond donors (Lipinski definition) is 1. The highest BCUT2D eigenvalue weighted by Crippen LogP contribution is 2.34. The molecule has 4 rings (SSSR count). The molecule has 1 fully saturated rings. The highest BCUT2D eigenvalue weighted by Gasteiger charge is 2.20. The van der Waals surface area contributed by atoms with Gasteiger partial charge in [-0.15, -0.1) is 12.4 Å². The molecule has 1 saturated heterocycles. The minimum atomic E-state index is -0.0348. The molecular formula is C25H23BrClN5O2. The summed E-state index contributed by atoms with van der Waals surface area (Å²) in [5.41, 5.74) is 2.88. The second-order valence-electron chi connectivity index (χ2n) is 7.67. The van der Waals surface area contributed by atoms with E-state index in [4.69, 9.17) is 17.9 Å². The van der Waals surface area contributed by atoms with Crippen molar-refractivity contribution in [3.63, 3.8) is 0 Å². The number of rotatable bonds is 5. The van der Waals surface area contributed by atoms with E-state index in [-0.39, 0.29) is 18.3 Å². The number of benzene rings is 2. The number of aromatic nitrogens is 1. The number of hydrogen-bond acceptors (Lipinski definition) is 4. The molecule has 1 N–H and O–H groups in total. The molecule has 34 heavy (non-hydrogen) atoms. The smallest absolute Gasteiger partial charge is 0.245 e. The maximum atomic E-state index is 13.2. The van der Waals surface area contributed by atoms with E-state index in [0.29, 0.717) is 34.8 Å². The standard InChI is InChI=1S/C25H22BrN5O2.ClH/c1-27-19-5-7-24(33-3)17(12-19)13-22(28-2)21-15-31(23-6-4-18(26)14-20(21)23)25(32)16-30-10-8-29-9-11-30;/h4-7,12-15,29H,8-11,16H2,3H3;1H/b22-13-;. The summed E-state index contributed by atoms with van der Waals surface area (Å²) >= 11 is 3.51. The highest BCUT2D eigenvalue weighted by molar-refractivity contribution is 9.10. The maximum absolute atomic E-state index is 13.2. The largest absolute Gasteiger partial charge is 0.496 e. The first-order valence-electron chi connectivity index (χ1n) is 10.5. The van der Waals surface area contributed by atoms with Crippen molar-refractivity contribution in [3.05, 3.63) is 81.0 Å². The zero-order valence-corrected chi connectivity index (χ0v) is 20.9. The molecule has 0 aliphatic carbocycles. The molecule has 0 saturated carbocycles. The van der Waals surface area contributed by atoms with Gasteiger partial charge in [-0.2, -0.15) is 0 Å². The molecule has 0 radical (unpaired) electrons. The molecule has 0 unspecified atom stereocenters. The van der Waals surface area contributed by atoms with Gasteiger partial charge in [-0.05, 0) is 47.4 Å². The summed E-state index contributed by atoms with van der Waals surface area (Å²) < 4.78 is 7.94. The van der Waals surface area contributed by atoms with Crippen LogP contribution in [0.25, 0.3) is 32.4 Å². The van der Waals surface area contributed by atoms with Crippen LogP contribution in [0.3, 0.4) is 0 Å². The predicted octanol–water partition coefficient (Wildman–Crippen LogP) is 5.35. The number of halogens is 2. The molecule has 0 spiro atoms. The van der Waals surface area contributed by atoms with Crippen molar-refractivity contribution in [3.8, 4) is 5.75 Å². The van der Waals surface area contributed by atoms with Gasteiger partial charge in [0, 0.05) is 42.4 Å². The zero-order valence-electron chi connectivity index (χ0n) is 18.5. The van der Waals surface area contributed by atoms with Crippen LogP contribution in [0.2, 0.25) is 0 Å². The molecular weight excluding hydrogens is 518 g/mol. The van der Waals surface area contributed by atoms with Gasteiger partial charge in [-0.1, -0.05) is 22.0 Å². The van der Waals surface area contributed by atoms with Crippen LogP contribution in [-0.2, 0) is 0 Å².